The molecule has 0 radical (unpaired) electrons. The summed E-state index contributed by atoms with van der Waals surface area (Å²) < 4.78 is 33.3. The molecule has 3 N–H and O–H groups in total. The number of rotatable bonds is 6. The molecule has 2 unspecified atom stereocenters. The summed E-state index contributed by atoms with van der Waals surface area (Å²) in [6, 6.07) is 0. The van der Waals surface area contributed by atoms with E-state index in [1.54, 1.807) is 0 Å². The molecule has 0 aromatic carbocycles. The van der Waals surface area contributed by atoms with Crippen LogP contribution in [-0.2, 0) is 23.1 Å². The number of nitrogens with zero attached hydrogens (tertiary/aromatic N) is 3. The molecule has 0 saturated carbocycles. The van der Waals surface area contributed by atoms with E-state index in [0.29, 0.717) is 5.52 Å². The lowest BCUT2D eigenvalue weighted by atomic mass is 10.2. The van der Waals surface area contributed by atoms with Crippen LogP contribution in [0.2, 0.25) is 0 Å². The number of ether oxygens (including phenoxy) is 2. The van der Waals surface area contributed by atoms with Gasteiger partial charge in [0.25, 0.3) is 7.82 Å². The lowest BCUT2D eigenvalue weighted by Crippen LogP contribution is -2.29. The maximum Gasteiger partial charge on any atom is 0.348 e. The van der Waals surface area contributed by atoms with Crippen LogP contribution in [0.3, 0.4) is 0 Å². The zero-order valence-corrected chi connectivity index (χ0v) is 14.3. The van der Waals surface area contributed by atoms with E-state index >= 15 is 0 Å². The molecule has 13 heteroatoms. The van der Waals surface area contributed by atoms with Crippen molar-refractivity contribution in [3.63, 3.8) is 0 Å². The fourth-order valence-electron chi connectivity index (χ4n) is 2.67. The van der Waals surface area contributed by atoms with Crippen molar-refractivity contribution in [3.05, 3.63) is 16.8 Å². The van der Waals surface area contributed by atoms with Gasteiger partial charge >= 0.3 is 5.69 Å². The molecule has 0 bridgehead atoms. The molecule has 0 amide bonds. The summed E-state index contributed by atoms with van der Waals surface area (Å²) in [7, 11) is -1.99. The molecule has 4 atom stereocenters. The molecule has 25 heavy (non-hydrogen) atoms. The van der Waals surface area contributed by atoms with E-state index in [2.05, 4.69) is 19.5 Å². The molecular weight excluding hydrogens is 357 g/mol. The van der Waals surface area contributed by atoms with Gasteiger partial charge in [-0.15, -0.1) is 0 Å². The van der Waals surface area contributed by atoms with Crippen molar-refractivity contribution in [2.75, 3.05) is 26.6 Å². The number of fused-ring (bicyclic) bond motifs is 1. The summed E-state index contributed by atoms with van der Waals surface area (Å²) in [5.74, 6) is 0.0800. The first-order chi connectivity index (χ1) is 11.8. The number of methoxy groups -OCH3 is 1. The first-order valence-electron chi connectivity index (χ1n) is 7.26. The quantitative estimate of drug-likeness (QED) is 0.607. The second-order valence-electron chi connectivity index (χ2n) is 5.37. The summed E-state index contributed by atoms with van der Waals surface area (Å²) in [4.78, 5) is 33.4. The average molecular weight is 374 g/mol. The highest BCUT2D eigenvalue weighted by molar-refractivity contribution is 7.45. The van der Waals surface area contributed by atoms with Crippen molar-refractivity contribution in [2.45, 2.75) is 24.9 Å². The number of nitrogens with one attached hydrogen (secondary N) is 1. The van der Waals surface area contributed by atoms with Gasteiger partial charge in [-0.3, -0.25) is 14.1 Å². The molecule has 1 fully saturated rings. The Bertz CT molecular complexity index is 867. The average Bonchev–Trinajstić information content (AvgIpc) is 3.12. The Labute approximate surface area is 141 Å². The third-order valence-corrected chi connectivity index (χ3v) is 4.76. The topological polar surface area (TPSA) is 167 Å². The van der Waals surface area contributed by atoms with Crippen LogP contribution in [0.5, 0.6) is 0 Å². The van der Waals surface area contributed by atoms with Crippen molar-refractivity contribution >= 4 is 24.8 Å². The number of hydrogen-bond donors (Lipinski definition) is 2. The Hall–Kier alpha value is -1.82. The van der Waals surface area contributed by atoms with E-state index < -0.39 is 31.9 Å². The monoisotopic (exact) mass is 374 g/mol. The summed E-state index contributed by atoms with van der Waals surface area (Å²) >= 11 is 0. The van der Waals surface area contributed by atoms with E-state index in [0.717, 1.165) is 7.11 Å². The van der Waals surface area contributed by atoms with Gasteiger partial charge in [0.15, 0.2) is 5.65 Å². The minimum atomic E-state index is -4.45. The highest BCUT2D eigenvalue weighted by Crippen LogP contribution is 2.44. The molecule has 1 aliphatic rings. The minimum Gasteiger partial charge on any atom is -0.756 e. The molecule has 138 valence electrons. The van der Waals surface area contributed by atoms with Crippen molar-refractivity contribution in [1.29, 1.82) is 0 Å². The van der Waals surface area contributed by atoms with Crippen LogP contribution >= 0.6 is 7.82 Å². The normalized spacial score (nSPS) is 26.1. The van der Waals surface area contributed by atoms with E-state index in [1.165, 1.54) is 18.0 Å². The van der Waals surface area contributed by atoms with Gasteiger partial charge in [0.1, 0.15) is 23.7 Å². The minimum absolute atomic E-state index is 0.0800. The van der Waals surface area contributed by atoms with Crippen molar-refractivity contribution in [2.24, 2.45) is 0 Å². The van der Waals surface area contributed by atoms with Gasteiger partial charge in [0.05, 0.1) is 19.0 Å². The van der Waals surface area contributed by atoms with Crippen LogP contribution in [-0.4, -0.2) is 52.6 Å². The smallest absolute Gasteiger partial charge is 0.348 e. The molecule has 1 saturated heterocycles. The zero-order valence-electron chi connectivity index (χ0n) is 13.4. The highest BCUT2D eigenvalue weighted by atomic mass is 31.2. The van der Waals surface area contributed by atoms with E-state index in [-0.39, 0.29) is 24.5 Å². The van der Waals surface area contributed by atoms with Gasteiger partial charge in [-0.25, -0.2) is 9.78 Å². The van der Waals surface area contributed by atoms with Crippen molar-refractivity contribution in [1.82, 2.24) is 19.5 Å². The number of hydrogen-bond acceptors (Lipinski definition) is 10. The molecule has 2 aromatic heterocycles. The fourth-order valence-corrected chi connectivity index (χ4v) is 3.31. The Morgan fingerprint density at radius 1 is 1.56 bits per heavy atom. The number of anilines is 1. The largest absolute Gasteiger partial charge is 0.756 e. The second-order valence-corrected chi connectivity index (χ2v) is 6.84. The lowest BCUT2D eigenvalue weighted by molar-refractivity contribution is -0.229. The summed E-state index contributed by atoms with van der Waals surface area (Å²) in [6.07, 6.45) is -0.593. The van der Waals surface area contributed by atoms with Crippen LogP contribution in [0.1, 0.15) is 12.6 Å². The Morgan fingerprint density at radius 2 is 2.32 bits per heavy atom. The summed E-state index contributed by atoms with van der Waals surface area (Å²) in [5, 5.41) is 0. The third-order valence-electron chi connectivity index (χ3n) is 3.78. The Kier molecular flexibility index (Phi) is 4.91. The first-order valence-corrected chi connectivity index (χ1v) is 8.72. The maximum absolute atomic E-state index is 11.6. The molecule has 0 spiro atoms. The lowest BCUT2D eigenvalue weighted by Gasteiger charge is -2.26. The van der Waals surface area contributed by atoms with Crippen LogP contribution in [0.4, 0.5) is 5.82 Å². The number of nitrogens with two attached hydrogens (primary N) is 1. The predicted octanol–water partition coefficient (Wildman–Crippen LogP) is -0.864. The number of phosphoric acid groups is 1. The van der Waals surface area contributed by atoms with Gasteiger partial charge in [-0.05, 0) is 0 Å². The third kappa shape index (κ3) is 3.59. The molecule has 2 aromatic rings. The molecule has 1 aliphatic heterocycles. The number of aromatic nitrogens is 4. The number of nitrogen functional groups attached to an aromatic ring is 1. The first kappa shape index (κ1) is 18.0. The van der Waals surface area contributed by atoms with Crippen molar-refractivity contribution < 1.29 is 28.0 Å². The number of H-pyrrole nitrogens is 1. The van der Waals surface area contributed by atoms with Gasteiger partial charge in [0, 0.05) is 20.6 Å². The number of imidazole rings is 1. The fraction of sp³-hybridized carbons (Fsp3) is 0.583. The predicted molar refractivity (Wildman–Crippen MR) is 82.5 cm³/mol. The number of phosphoric ester groups is 1. The van der Waals surface area contributed by atoms with Gasteiger partial charge in [-0.1, -0.05) is 0 Å². The maximum atomic E-state index is 11.6. The van der Waals surface area contributed by atoms with Gasteiger partial charge in [-0.2, -0.15) is 4.98 Å². The van der Waals surface area contributed by atoms with Crippen LogP contribution in [0, 0.1) is 0 Å². The van der Waals surface area contributed by atoms with Crippen LogP contribution in [0.25, 0.3) is 11.2 Å². The Balaban J connectivity index is 1.91. The Morgan fingerprint density at radius 3 is 3.00 bits per heavy atom. The van der Waals surface area contributed by atoms with Crippen molar-refractivity contribution in [3.8, 4) is 0 Å². The summed E-state index contributed by atoms with van der Waals surface area (Å²) in [5.41, 5.74) is 5.62. The van der Waals surface area contributed by atoms with E-state index in [9.17, 15) is 14.3 Å². The van der Waals surface area contributed by atoms with Gasteiger partial charge in [0.2, 0.25) is 0 Å². The molecule has 3 heterocycles. The second kappa shape index (κ2) is 6.83. The number of aromatic amines is 1. The van der Waals surface area contributed by atoms with Crippen LogP contribution in [0.15, 0.2) is 11.1 Å². The van der Waals surface area contributed by atoms with E-state index in [1.807, 2.05) is 0 Å². The molecule has 12 nitrogen and oxygen atoms in total. The highest BCUT2D eigenvalue weighted by Gasteiger charge is 2.39. The van der Waals surface area contributed by atoms with Crippen LogP contribution < -0.4 is 16.3 Å². The van der Waals surface area contributed by atoms with Gasteiger partial charge < -0.3 is 29.1 Å². The SMILES string of the molecule is COC[C@H]1O[C@@H](n2cnc3c(N)[nH]c(=O)nc32)CC1OP(=O)([O-])OC. The van der Waals surface area contributed by atoms with E-state index in [4.69, 9.17) is 19.7 Å². The zero-order chi connectivity index (χ0) is 18.2. The summed E-state index contributed by atoms with van der Waals surface area (Å²) in [6.45, 7) is 0.105. The molecule has 0 aliphatic carbocycles. The molecular formula is C12H17N5O7P-. The molecule has 3 rings (SSSR count). The standard InChI is InChI=1S/C12H18N5O7P/c1-21-4-7-6(24-25(19,20)22-2)3-8(23-7)17-5-14-9-10(13)15-12(18)16-11(9)17/h5-8H,3-4H2,1-2H3,(H,19,20)(H3,13,15,16,18)/p-1/t6?,7-,8-/m1/s1.